The van der Waals surface area contributed by atoms with Gasteiger partial charge in [0.2, 0.25) is 9.84 Å². The first-order valence-electron chi connectivity index (χ1n) is 11.2. The molecule has 1 atom stereocenters. The van der Waals surface area contributed by atoms with Gasteiger partial charge in [0.25, 0.3) is 0 Å². The number of esters is 2. The van der Waals surface area contributed by atoms with Crippen LogP contribution in [0.1, 0.15) is 31.4 Å². The van der Waals surface area contributed by atoms with Crippen molar-refractivity contribution in [2.24, 2.45) is 5.92 Å². The second kappa shape index (κ2) is 11.2. The van der Waals surface area contributed by atoms with E-state index in [1.54, 1.807) is 56.3 Å². The van der Waals surface area contributed by atoms with Crippen molar-refractivity contribution in [3.63, 3.8) is 0 Å². The number of hydrogen-bond donors (Lipinski definition) is 2. The number of urea groups is 1. The van der Waals surface area contributed by atoms with E-state index < -0.39 is 39.8 Å². The van der Waals surface area contributed by atoms with Crippen molar-refractivity contribution >= 4 is 33.5 Å². The molecule has 3 rings (SSSR count). The van der Waals surface area contributed by atoms with Gasteiger partial charge in [-0.25, -0.2) is 13.2 Å². The Hall–Kier alpha value is -3.66. The summed E-state index contributed by atoms with van der Waals surface area (Å²) in [4.78, 5) is 38.2. The second-order valence-electron chi connectivity index (χ2n) is 7.87. The average molecular weight is 501 g/mol. The number of nitrogens with one attached hydrogen (secondary N) is 2. The normalized spacial score (nSPS) is 16.2. The molecule has 186 valence electrons. The Morgan fingerprint density at radius 3 is 2.09 bits per heavy atom. The van der Waals surface area contributed by atoms with Crippen molar-refractivity contribution in [1.82, 2.24) is 10.6 Å². The molecule has 0 bridgehead atoms. The lowest BCUT2D eigenvalue weighted by Gasteiger charge is -2.24. The molecule has 0 radical (unpaired) electrons. The summed E-state index contributed by atoms with van der Waals surface area (Å²) in [6.07, 6.45) is -0.346. The van der Waals surface area contributed by atoms with Crippen LogP contribution in [0.3, 0.4) is 0 Å². The van der Waals surface area contributed by atoms with Crippen LogP contribution in [0.15, 0.2) is 64.4 Å². The first kappa shape index (κ1) is 26.0. The summed E-state index contributed by atoms with van der Waals surface area (Å²) in [6.45, 7) is 4.98. The Bertz CT molecular complexity index is 1200. The smallest absolute Gasteiger partial charge is 0.322 e. The number of sulfone groups is 1. The van der Waals surface area contributed by atoms with Gasteiger partial charge in [0, 0.05) is 6.42 Å². The largest absolute Gasteiger partial charge is 0.465 e. The van der Waals surface area contributed by atoms with Gasteiger partial charge in [-0.1, -0.05) is 48.0 Å². The third-order valence-corrected chi connectivity index (χ3v) is 7.35. The maximum atomic E-state index is 13.8. The lowest BCUT2D eigenvalue weighted by Crippen LogP contribution is -2.49. The first-order valence-corrected chi connectivity index (χ1v) is 12.7. The number of rotatable bonds is 8. The maximum absolute atomic E-state index is 13.8. The molecule has 35 heavy (non-hydrogen) atoms. The Balaban J connectivity index is 2.20. The van der Waals surface area contributed by atoms with Gasteiger partial charge in [-0.05, 0) is 38.5 Å². The van der Waals surface area contributed by atoms with Gasteiger partial charge in [0.1, 0.15) is 0 Å². The van der Waals surface area contributed by atoms with Crippen LogP contribution >= 0.6 is 0 Å². The highest BCUT2D eigenvalue weighted by molar-refractivity contribution is 7.95. The number of ether oxygens (including phenoxy) is 2. The van der Waals surface area contributed by atoms with E-state index in [1.165, 1.54) is 12.1 Å². The van der Waals surface area contributed by atoms with Crippen LogP contribution in [-0.4, -0.2) is 45.6 Å². The van der Waals surface area contributed by atoms with Gasteiger partial charge in [0.15, 0.2) is 5.92 Å². The number of carbonyl (C=O) groups is 3. The molecular formula is C25H28N2O7S. The fourth-order valence-corrected chi connectivity index (χ4v) is 5.39. The van der Waals surface area contributed by atoms with E-state index in [1.807, 2.05) is 6.92 Å². The van der Waals surface area contributed by atoms with Crippen molar-refractivity contribution in [2.45, 2.75) is 38.1 Å². The molecule has 1 aliphatic rings. The SMILES string of the molecule is CCOC(=O)C(C(=O)OCC)C1CC(S(=O)(=O)c2ccc(C)cc2)=C(c2ccccc2)NC(=O)N1. The molecule has 0 saturated carbocycles. The Labute approximate surface area is 204 Å². The molecule has 10 heteroatoms. The number of amides is 2. The fourth-order valence-electron chi connectivity index (χ4n) is 3.77. The highest BCUT2D eigenvalue weighted by Gasteiger charge is 2.43. The zero-order valence-electron chi connectivity index (χ0n) is 19.7. The molecule has 2 aromatic rings. The van der Waals surface area contributed by atoms with Crippen molar-refractivity contribution in [3.8, 4) is 0 Å². The van der Waals surface area contributed by atoms with Gasteiger partial charge in [0.05, 0.1) is 34.8 Å². The molecule has 2 N–H and O–H groups in total. The van der Waals surface area contributed by atoms with E-state index in [-0.39, 0.29) is 35.1 Å². The van der Waals surface area contributed by atoms with Crippen LogP contribution < -0.4 is 10.6 Å². The van der Waals surface area contributed by atoms with E-state index in [2.05, 4.69) is 10.6 Å². The molecule has 0 saturated heterocycles. The molecule has 0 spiro atoms. The van der Waals surface area contributed by atoms with Gasteiger partial charge < -0.3 is 20.1 Å². The first-order chi connectivity index (χ1) is 16.7. The predicted molar refractivity (Wildman–Crippen MR) is 129 cm³/mol. The van der Waals surface area contributed by atoms with Crippen molar-refractivity contribution in [1.29, 1.82) is 0 Å². The maximum Gasteiger partial charge on any atom is 0.322 e. The summed E-state index contributed by atoms with van der Waals surface area (Å²) in [5, 5.41) is 5.17. The predicted octanol–water partition coefficient (Wildman–Crippen LogP) is 2.95. The number of benzene rings is 2. The van der Waals surface area contributed by atoms with Crippen molar-refractivity contribution in [3.05, 3.63) is 70.6 Å². The van der Waals surface area contributed by atoms with Gasteiger partial charge in [-0.2, -0.15) is 0 Å². The Morgan fingerprint density at radius 1 is 0.971 bits per heavy atom. The van der Waals surface area contributed by atoms with Crippen LogP contribution in [0.4, 0.5) is 4.79 Å². The monoisotopic (exact) mass is 500 g/mol. The van der Waals surface area contributed by atoms with Gasteiger partial charge in [-0.3, -0.25) is 9.59 Å². The minimum Gasteiger partial charge on any atom is -0.465 e. The molecule has 0 fully saturated rings. The third kappa shape index (κ3) is 5.89. The number of hydrogen-bond acceptors (Lipinski definition) is 7. The highest BCUT2D eigenvalue weighted by atomic mass is 32.2. The van der Waals surface area contributed by atoms with Gasteiger partial charge >= 0.3 is 18.0 Å². The van der Waals surface area contributed by atoms with Crippen LogP contribution in [0.2, 0.25) is 0 Å². The highest BCUT2D eigenvalue weighted by Crippen LogP contribution is 2.33. The quantitative estimate of drug-likeness (QED) is 0.421. The van der Waals surface area contributed by atoms with E-state index in [9.17, 15) is 22.8 Å². The standard InChI is InChI=1S/C25H28N2O7S/c1-4-33-23(28)21(24(29)34-5-2)19-15-20(35(31,32)18-13-11-16(3)12-14-18)22(27-25(30)26-19)17-9-7-6-8-10-17/h6-14,19,21H,4-5,15H2,1-3H3,(H2,26,27,30). The van der Waals surface area contributed by atoms with Crippen LogP contribution in [0.5, 0.6) is 0 Å². The lowest BCUT2D eigenvalue weighted by atomic mass is 9.96. The molecule has 2 amide bonds. The average Bonchev–Trinajstić information content (AvgIpc) is 2.99. The summed E-state index contributed by atoms with van der Waals surface area (Å²) >= 11 is 0. The van der Waals surface area contributed by atoms with E-state index in [0.29, 0.717) is 5.56 Å². The molecule has 9 nitrogen and oxygen atoms in total. The zero-order valence-corrected chi connectivity index (χ0v) is 20.6. The number of carbonyl (C=O) groups excluding carboxylic acids is 3. The Morgan fingerprint density at radius 2 is 1.54 bits per heavy atom. The molecule has 1 unspecified atom stereocenters. The summed E-state index contributed by atoms with van der Waals surface area (Å²) in [7, 11) is -4.14. The van der Waals surface area contributed by atoms with E-state index >= 15 is 0 Å². The molecule has 0 aliphatic carbocycles. The Kier molecular flexibility index (Phi) is 8.29. The minimum absolute atomic E-state index is 0.00667. The van der Waals surface area contributed by atoms with E-state index in [4.69, 9.17) is 9.47 Å². The number of aryl methyl sites for hydroxylation is 1. The van der Waals surface area contributed by atoms with E-state index in [0.717, 1.165) is 5.56 Å². The molecule has 1 aliphatic heterocycles. The minimum atomic E-state index is -4.14. The van der Waals surface area contributed by atoms with Gasteiger partial charge in [-0.15, -0.1) is 0 Å². The summed E-state index contributed by atoms with van der Waals surface area (Å²) in [6, 6.07) is 12.8. The summed E-state index contributed by atoms with van der Waals surface area (Å²) < 4.78 is 37.8. The fraction of sp³-hybridized carbons (Fsp3) is 0.320. The second-order valence-corrected chi connectivity index (χ2v) is 9.84. The lowest BCUT2D eigenvalue weighted by molar-refractivity contribution is -0.162. The van der Waals surface area contributed by atoms with Crippen LogP contribution in [0.25, 0.3) is 5.70 Å². The molecular weight excluding hydrogens is 472 g/mol. The van der Waals surface area contributed by atoms with Crippen LogP contribution in [-0.2, 0) is 28.9 Å². The van der Waals surface area contributed by atoms with Crippen molar-refractivity contribution in [2.75, 3.05) is 13.2 Å². The molecule has 2 aromatic carbocycles. The summed E-state index contributed by atoms with van der Waals surface area (Å²) in [5.74, 6) is -3.38. The summed E-state index contributed by atoms with van der Waals surface area (Å²) in [5.41, 5.74) is 1.40. The topological polar surface area (TPSA) is 128 Å². The third-order valence-electron chi connectivity index (χ3n) is 5.44. The van der Waals surface area contributed by atoms with Crippen LogP contribution in [0, 0.1) is 12.8 Å². The molecule has 0 aromatic heterocycles. The zero-order chi connectivity index (χ0) is 25.6. The van der Waals surface area contributed by atoms with Crippen molar-refractivity contribution < 1.29 is 32.3 Å². The molecule has 1 heterocycles.